The lowest BCUT2D eigenvalue weighted by atomic mass is 10.1. The van der Waals surface area contributed by atoms with Crippen molar-refractivity contribution >= 4 is 22.7 Å². The average Bonchev–Trinajstić information content (AvgIpc) is 3.29. The van der Waals surface area contributed by atoms with Crippen LogP contribution in [0.2, 0.25) is 0 Å². The summed E-state index contributed by atoms with van der Waals surface area (Å²) in [5.41, 5.74) is 6.49. The van der Waals surface area contributed by atoms with Crippen LogP contribution in [0.25, 0.3) is 22.2 Å². The fraction of sp³-hybridized carbons (Fsp3) is 0.235. The van der Waals surface area contributed by atoms with E-state index in [1.165, 1.54) is 38.2 Å². The molecule has 0 amide bonds. The number of nitrogens with zero attached hydrogens (tertiary/aromatic N) is 2. The van der Waals surface area contributed by atoms with Crippen LogP contribution in [-0.2, 0) is 12.3 Å². The van der Waals surface area contributed by atoms with Gasteiger partial charge in [-0.05, 0) is 72.7 Å². The third-order valence-corrected chi connectivity index (χ3v) is 8.57. The van der Waals surface area contributed by atoms with E-state index in [1.54, 1.807) is 0 Å². The zero-order chi connectivity index (χ0) is 26.6. The highest BCUT2D eigenvalue weighted by Crippen LogP contribution is 2.46. The summed E-state index contributed by atoms with van der Waals surface area (Å²) in [6.45, 7) is 8.93. The predicted octanol–water partition coefficient (Wildman–Crippen LogP) is 8.48. The van der Waals surface area contributed by atoms with Crippen molar-refractivity contribution in [3.8, 4) is 28.5 Å². The third kappa shape index (κ3) is 5.42. The molecule has 1 aliphatic heterocycles. The van der Waals surface area contributed by atoms with Crippen molar-refractivity contribution in [2.75, 3.05) is 26.2 Å². The molecule has 39 heavy (non-hydrogen) atoms. The molecule has 5 heteroatoms. The first-order valence-electron chi connectivity index (χ1n) is 13.8. The van der Waals surface area contributed by atoms with Crippen LogP contribution in [0.4, 0.5) is 0 Å². The van der Waals surface area contributed by atoms with Gasteiger partial charge < -0.3 is 18.9 Å². The maximum absolute atomic E-state index is 6.22. The van der Waals surface area contributed by atoms with Crippen LogP contribution in [0.1, 0.15) is 25.0 Å². The van der Waals surface area contributed by atoms with E-state index in [0.717, 1.165) is 49.2 Å². The molecule has 1 aromatic heterocycles. The van der Waals surface area contributed by atoms with Gasteiger partial charge in [-0.3, -0.25) is 0 Å². The summed E-state index contributed by atoms with van der Waals surface area (Å²) < 4.78 is 14.7. The van der Waals surface area contributed by atoms with Crippen molar-refractivity contribution in [1.82, 2.24) is 9.47 Å². The maximum Gasteiger partial charge on any atom is 0.128 e. The van der Waals surface area contributed by atoms with Crippen LogP contribution in [0.5, 0.6) is 17.2 Å². The zero-order valence-electron chi connectivity index (χ0n) is 22.6. The Bertz CT molecular complexity index is 1560. The lowest BCUT2D eigenvalue weighted by Gasteiger charge is -2.20. The first kappa shape index (κ1) is 25.6. The Kier molecular flexibility index (Phi) is 7.62. The summed E-state index contributed by atoms with van der Waals surface area (Å²) in [4.78, 5) is 3.72. The van der Waals surface area contributed by atoms with E-state index in [0.29, 0.717) is 6.61 Å². The van der Waals surface area contributed by atoms with E-state index in [2.05, 4.69) is 90.0 Å². The molecule has 0 N–H and O–H groups in total. The van der Waals surface area contributed by atoms with Gasteiger partial charge in [0.1, 0.15) is 23.9 Å². The Labute approximate surface area is 235 Å². The van der Waals surface area contributed by atoms with E-state index in [9.17, 15) is 0 Å². The number of aromatic nitrogens is 1. The zero-order valence-corrected chi connectivity index (χ0v) is 23.4. The van der Waals surface area contributed by atoms with Crippen LogP contribution < -0.4 is 9.47 Å². The highest BCUT2D eigenvalue weighted by Gasteiger charge is 2.25. The number of benzene rings is 4. The molecule has 0 spiro atoms. The summed E-state index contributed by atoms with van der Waals surface area (Å²) >= 11 is 1.92. The highest BCUT2D eigenvalue weighted by molar-refractivity contribution is 7.98. The molecule has 198 valence electrons. The van der Waals surface area contributed by atoms with Gasteiger partial charge >= 0.3 is 0 Å². The maximum atomic E-state index is 6.22. The van der Waals surface area contributed by atoms with Gasteiger partial charge in [0, 0.05) is 40.2 Å². The lowest BCUT2D eigenvalue weighted by Crippen LogP contribution is -2.27. The Balaban J connectivity index is 1.32. The monoisotopic (exact) mass is 534 g/mol. The van der Waals surface area contributed by atoms with Gasteiger partial charge in [-0.1, -0.05) is 62.4 Å². The second kappa shape index (κ2) is 11.6. The first-order valence-corrected chi connectivity index (χ1v) is 14.8. The van der Waals surface area contributed by atoms with E-state index in [-0.39, 0.29) is 0 Å². The standard InChI is InChI=1S/C34H34N2O2S/c1-3-35(4-2)20-21-37-26-16-14-25(15-17-26)23-36-32-19-18-28(38-27-10-6-5-7-11-27)22-30(32)31-24-39-33-13-9-8-12-29(33)34(31)36/h5-19,22H,3-4,20-21,23-24H2,1-2H3. The molecule has 4 aromatic carbocycles. The largest absolute Gasteiger partial charge is 0.492 e. The minimum atomic E-state index is 0.707. The van der Waals surface area contributed by atoms with Gasteiger partial charge in [0.15, 0.2) is 0 Å². The van der Waals surface area contributed by atoms with E-state index < -0.39 is 0 Å². The molecule has 0 bridgehead atoms. The summed E-state index contributed by atoms with van der Waals surface area (Å²) in [5, 5.41) is 1.26. The molecule has 0 saturated carbocycles. The Hall–Kier alpha value is -3.67. The van der Waals surface area contributed by atoms with Crippen molar-refractivity contribution in [3.05, 3.63) is 108 Å². The fourth-order valence-electron chi connectivity index (χ4n) is 5.35. The molecule has 0 unspecified atom stereocenters. The average molecular weight is 535 g/mol. The normalized spacial score (nSPS) is 12.4. The van der Waals surface area contributed by atoms with Crippen molar-refractivity contribution in [1.29, 1.82) is 0 Å². The van der Waals surface area contributed by atoms with Gasteiger partial charge in [-0.25, -0.2) is 0 Å². The predicted molar refractivity (Wildman–Crippen MR) is 162 cm³/mol. The molecule has 0 atom stereocenters. The Morgan fingerprint density at radius 2 is 1.54 bits per heavy atom. The molecule has 0 aliphatic carbocycles. The topological polar surface area (TPSA) is 26.6 Å². The number of para-hydroxylation sites is 1. The minimum Gasteiger partial charge on any atom is -0.492 e. The molecular formula is C34H34N2O2S. The number of likely N-dealkylation sites (N-methyl/N-ethyl adjacent to an activating group) is 1. The molecular weight excluding hydrogens is 500 g/mol. The number of rotatable bonds is 10. The second-order valence-electron chi connectivity index (χ2n) is 9.81. The van der Waals surface area contributed by atoms with Crippen LogP contribution in [0, 0.1) is 0 Å². The third-order valence-electron chi connectivity index (χ3n) is 7.47. The summed E-state index contributed by atoms with van der Waals surface area (Å²) in [5.74, 6) is 3.59. The van der Waals surface area contributed by atoms with Crippen LogP contribution >= 0.6 is 11.8 Å². The SMILES string of the molecule is CCN(CC)CCOc1ccc(Cn2c3c(c4cc(Oc5ccccc5)ccc42)CSc2ccccc2-3)cc1. The highest BCUT2D eigenvalue weighted by atomic mass is 32.2. The van der Waals surface area contributed by atoms with E-state index in [1.807, 2.05) is 42.1 Å². The van der Waals surface area contributed by atoms with Crippen molar-refractivity contribution in [2.45, 2.75) is 31.0 Å². The van der Waals surface area contributed by atoms with Crippen LogP contribution in [0.15, 0.2) is 102 Å². The van der Waals surface area contributed by atoms with Gasteiger partial charge in [-0.2, -0.15) is 0 Å². The molecule has 4 nitrogen and oxygen atoms in total. The summed E-state index contributed by atoms with van der Waals surface area (Å²) in [6, 6.07) is 33.9. The molecule has 0 saturated heterocycles. The summed E-state index contributed by atoms with van der Waals surface area (Å²) in [7, 11) is 0. The molecule has 1 aliphatic rings. The molecule has 0 fully saturated rings. The van der Waals surface area contributed by atoms with Crippen LogP contribution in [0.3, 0.4) is 0 Å². The first-order chi connectivity index (χ1) is 19.2. The number of hydrogen-bond acceptors (Lipinski definition) is 4. The number of thioether (sulfide) groups is 1. The van der Waals surface area contributed by atoms with Crippen molar-refractivity contribution in [2.24, 2.45) is 0 Å². The number of fused-ring (bicyclic) bond motifs is 5. The van der Waals surface area contributed by atoms with Gasteiger partial charge in [-0.15, -0.1) is 11.8 Å². The van der Waals surface area contributed by atoms with Crippen LogP contribution in [-0.4, -0.2) is 35.7 Å². The molecule has 5 aromatic rings. The minimum absolute atomic E-state index is 0.707. The Morgan fingerprint density at radius 3 is 2.33 bits per heavy atom. The second-order valence-corrected chi connectivity index (χ2v) is 10.8. The Morgan fingerprint density at radius 1 is 0.795 bits per heavy atom. The van der Waals surface area contributed by atoms with Gasteiger partial charge in [0.25, 0.3) is 0 Å². The van der Waals surface area contributed by atoms with Crippen molar-refractivity contribution in [3.63, 3.8) is 0 Å². The molecule has 0 radical (unpaired) electrons. The van der Waals surface area contributed by atoms with Crippen molar-refractivity contribution < 1.29 is 9.47 Å². The number of ether oxygens (including phenoxy) is 2. The smallest absolute Gasteiger partial charge is 0.128 e. The molecule has 2 heterocycles. The lowest BCUT2D eigenvalue weighted by molar-refractivity contribution is 0.223. The number of hydrogen-bond donors (Lipinski definition) is 0. The fourth-order valence-corrected chi connectivity index (χ4v) is 6.44. The van der Waals surface area contributed by atoms with Gasteiger partial charge in [0.2, 0.25) is 0 Å². The quantitative estimate of drug-likeness (QED) is 0.180. The summed E-state index contributed by atoms with van der Waals surface area (Å²) in [6.07, 6.45) is 0. The molecule has 6 rings (SSSR count). The van der Waals surface area contributed by atoms with E-state index in [4.69, 9.17) is 9.47 Å². The van der Waals surface area contributed by atoms with Gasteiger partial charge in [0.05, 0.1) is 5.69 Å². The van der Waals surface area contributed by atoms with E-state index >= 15 is 0 Å².